The summed E-state index contributed by atoms with van der Waals surface area (Å²) in [5.74, 6) is -0.532. The van der Waals surface area contributed by atoms with E-state index in [2.05, 4.69) is 15.6 Å². The first-order valence-electron chi connectivity index (χ1n) is 8.07. The molecule has 10 heteroatoms. The second kappa shape index (κ2) is 7.29. The lowest BCUT2D eigenvalue weighted by atomic mass is 10.2. The Kier molecular flexibility index (Phi) is 5.26. The lowest BCUT2D eigenvalue weighted by Gasteiger charge is -2.26. The quantitative estimate of drug-likeness (QED) is 0.828. The summed E-state index contributed by atoms with van der Waals surface area (Å²) in [5, 5.41) is 4.87. The minimum absolute atomic E-state index is 0.0699. The van der Waals surface area contributed by atoms with Gasteiger partial charge in [-0.3, -0.25) is 5.32 Å². The number of benzene rings is 1. The maximum atomic E-state index is 13.6. The molecule has 2 N–H and O–H groups in total. The summed E-state index contributed by atoms with van der Waals surface area (Å²) in [5.41, 5.74) is 0.854. The number of nitrogens with one attached hydrogen (secondary N) is 2. The number of sulfonamides is 1. The zero-order valence-corrected chi connectivity index (χ0v) is 16.0. The number of anilines is 2. The summed E-state index contributed by atoms with van der Waals surface area (Å²) in [4.78, 5) is 17.2. The maximum Gasteiger partial charge on any atom is 0.325 e. The predicted molar refractivity (Wildman–Crippen MR) is 99.3 cm³/mol. The van der Waals surface area contributed by atoms with Crippen LogP contribution in [0.4, 0.5) is 20.0 Å². The van der Waals surface area contributed by atoms with Gasteiger partial charge in [0.15, 0.2) is 5.13 Å². The third-order valence-corrected chi connectivity index (χ3v) is 7.22. The van der Waals surface area contributed by atoms with E-state index in [-0.39, 0.29) is 12.2 Å². The fraction of sp³-hybridized carbons (Fsp3) is 0.375. The van der Waals surface area contributed by atoms with Crippen LogP contribution in [-0.4, -0.2) is 35.5 Å². The molecule has 0 aliphatic carbocycles. The van der Waals surface area contributed by atoms with Gasteiger partial charge in [-0.25, -0.2) is 22.6 Å². The van der Waals surface area contributed by atoms with E-state index in [1.54, 1.807) is 19.9 Å². The number of thiazole rings is 1. The summed E-state index contributed by atoms with van der Waals surface area (Å²) in [6, 6.07) is 5.25. The van der Waals surface area contributed by atoms with E-state index in [0.29, 0.717) is 18.1 Å². The first kappa shape index (κ1) is 18.7. The van der Waals surface area contributed by atoms with E-state index in [1.807, 2.05) is 0 Å². The fourth-order valence-electron chi connectivity index (χ4n) is 2.55. The molecule has 26 heavy (non-hydrogen) atoms. The van der Waals surface area contributed by atoms with Crippen LogP contribution in [0.25, 0.3) is 0 Å². The Hall–Kier alpha value is -2.04. The number of amides is 2. The lowest BCUT2D eigenvalue weighted by Crippen LogP contribution is -2.39. The maximum absolute atomic E-state index is 13.6. The third-order valence-electron chi connectivity index (χ3n) is 3.99. The molecule has 0 bridgehead atoms. The Bertz CT molecular complexity index is 927. The molecule has 2 aromatic rings. The van der Waals surface area contributed by atoms with Crippen molar-refractivity contribution in [2.24, 2.45) is 0 Å². The van der Waals surface area contributed by atoms with Crippen LogP contribution in [0.3, 0.4) is 0 Å². The van der Waals surface area contributed by atoms with Gasteiger partial charge in [-0.05, 0) is 26.0 Å². The Morgan fingerprint density at radius 2 is 2.04 bits per heavy atom. The van der Waals surface area contributed by atoms with Crippen molar-refractivity contribution in [1.82, 2.24) is 9.29 Å². The van der Waals surface area contributed by atoms with Crippen molar-refractivity contribution in [2.75, 3.05) is 17.2 Å². The Morgan fingerprint density at radius 3 is 2.73 bits per heavy atom. The van der Waals surface area contributed by atoms with E-state index in [0.717, 1.165) is 10.6 Å². The molecule has 3 rings (SSSR count). The number of rotatable bonds is 4. The van der Waals surface area contributed by atoms with Gasteiger partial charge in [-0.1, -0.05) is 23.5 Å². The number of halogens is 1. The molecule has 1 aliphatic heterocycles. The molecule has 1 aromatic heterocycles. The van der Waals surface area contributed by atoms with Crippen molar-refractivity contribution in [3.8, 4) is 0 Å². The highest BCUT2D eigenvalue weighted by Gasteiger charge is 2.31. The van der Waals surface area contributed by atoms with E-state index in [1.165, 1.54) is 33.8 Å². The van der Waals surface area contributed by atoms with Crippen molar-refractivity contribution in [2.45, 2.75) is 32.1 Å². The van der Waals surface area contributed by atoms with Crippen LogP contribution in [0.2, 0.25) is 0 Å². The highest BCUT2D eigenvalue weighted by Crippen LogP contribution is 2.30. The van der Waals surface area contributed by atoms with Crippen molar-refractivity contribution >= 4 is 38.2 Å². The predicted octanol–water partition coefficient (Wildman–Crippen LogP) is 3.02. The average molecular weight is 398 g/mol. The number of hydrogen-bond acceptors (Lipinski definition) is 5. The molecule has 2 heterocycles. The van der Waals surface area contributed by atoms with Gasteiger partial charge >= 0.3 is 6.03 Å². The number of urea groups is 1. The topological polar surface area (TPSA) is 91.4 Å². The average Bonchev–Trinajstić information content (AvgIpc) is 2.97. The summed E-state index contributed by atoms with van der Waals surface area (Å²) in [6.45, 7) is 3.93. The van der Waals surface area contributed by atoms with Crippen LogP contribution in [0.1, 0.15) is 24.4 Å². The molecule has 1 aliphatic rings. The van der Waals surface area contributed by atoms with Crippen LogP contribution in [0.5, 0.6) is 0 Å². The number of carbonyl (C=O) groups is 1. The van der Waals surface area contributed by atoms with Gasteiger partial charge in [-0.2, -0.15) is 4.31 Å². The molecule has 0 radical (unpaired) electrons. The summed E-state index contributed by atoms with van der Waals surface area (Å²) in [6.07, 6.45) is 0.494. The lowest BCUT2D eigenvalue weighted by molar-refractivity contribution is 0.262. The standard InChI is InChI=1S/C16H19FN4O3S2/c1-10(2)26(23,24)21-8-7-13-14(9-21)25-16(19-13)20-15(22)18-12-6-4-3-5-11(12)17/h3-6,10H,7-9H2,1-2H3,(H2,18,19,20,22). The number of fused-ring (bicyclic) bond motifs is 1. The van der Waals surface area contributed by atoms with E-state index >= 15 is 0 Å². The monoisotopic (exact) mass is 398 g/mol. The molecule has 0 saturated heterocycles. The minimum Gasteiger partial charge on any atom is -0.305 e. The van der Waals surface area contributed by atoms with Gasteiger partial charge in [-0.15, -0.1) is 0 Å². The normalized spacial score (nSPS) is 14.9. The molecule has 140 valence electrons. The van der Waals surface area contributed by atoms with E-state index in [9.17, 15) is 17.6 Å². The second-order valence-electron chi connectivity index (χ2n) is 6.13. The number of nitrogens with zero attached hydrogens (tertiary/aromatic N) is 2. The zero-order chi connectivity index (χ0) is 18.9. The highest BCUT2D eigenvalue weighted by atomic mass is 32.2. The Balaban J connectivity index is 1.69. The zero-order valence-electron chi connectivity index (χ0n) is 14.3. The number of carbonyl (C=O) groups excluding carboxylic acids is 1. The van der Waals surface area contributed by atoms with Crippen LogP contribution < -0.4 is 10.6 Å². The molecular formula is C16H19FN4O3S2. The van der Waals surface area contributed by atoms with Crippen LogP contribution in [0.15, 0.2) is 24.3 Å². The van der Waals surface area contributed by atoms with Crippen molar-refractivity contribution in [1.29, 1.82) is 0 Å². The van der Waals surface area contributed by atoms with Crippen LogP contribution in [0, 0.1) is 5.82 Å². The summed E-state index contributed by atoms with van der Waals surface area (Å²) >= 11 is 1.23. The molecule has 1 aromatic carbocycles. The van der Waals surface area contributed by atoms with Gasteiger partial charge < -0.3 is 5.32 Å². The van der Waals surface area contributed by atoms with Gasteiger partial charge in [0.2, 0.25) is 10.0 Å². The van der Waals surface area contributed by atoms with Crippen molar-refractivity contribution < 1.29 is 17.6 Å². The van der Waals surface area contributed by atoms with Crippen LogP contribution >= 0.6 is 11.3 Å². The smallest absolute Gasteiger partial charge is 0.305 e. The molecule has 0 fully saturated rings. The number of aromatic nitrogens is 1. The third kappa shape index (κ3) is 3.87. The number of para-hydroxylation sites is 1. The summed E-state index contributed by atoms with van der Waals surface area (Å²) < 4.78 is 39.6. The van der Waals surface area contributed by atoms with Crippen molar-refractivity contribution in [3.63, 3.8) is 0 Å². The second-order valence-corrected chi connectivity index (χ2v) is 9.70. The van der Waals surface area contributed by atoms with Crippen molar-refractivity contribution in [3.05, 3.63) is 40.7 Å². The molecule has 0 saturated carbocycles. The Morgan fingerprint density at radius 1 is 1.31 bits per heavy atom. The fourth-order valence-corrected chi connectivity index (χ4v) is 4.91. The van der Waals surface area contributed by atoms with Gasteiger partial charge in [0.25, 0.3) is 0 Å². The Labute approximate surface area is 155 Å². The van der Waals surface area contributed by atoms with Crippen LogP contribution in [-0.2, 0) is 23.0 Å². The molecule has 0 unspecified atom stereocenters. The van der Waals surface area contributed by atoms with Gasteiger partial charge in [0, 0.05) is 24.4 Å². The molecule has 0 spiro atoms. The van der Waals surface area contributed by atoms with E-state index in [4.69, 9.17) is 0 Å². The first-order valence-corrected chi connectivity index (χ1v) is 10.4. The minimum atomic E-state index is -3.33. The molecule has 0 atom stereocenters. The van der Waals surface area contributed by atoms with Gasteiger partial charge in [0.1, 0.15) is 5.82 Å². The SMILES string of the molecule is CC(C)S(=O)(=O)N1CCc2nc(NC(=O)Nc3ccccc3F)sc2C1. The summed E-state index contributed by atoms with van der Waals surface area (Å²) in [7, 11) is -3.33. The molecular weight excluding hydrogens is 379 g/mol. The molecule has 7 nitrogen and oxygen atoms in total. The molecule has 2 amide bonds. The van der Waals surface area contributed by atoms with Gasteiger partial charge in [0.05, 0.1) is 16.6 Å². The number of hydrogen-bond donors (Lipinski definition) is 2. The first-order chi connectivity index (χ1) is 12.3. The van der Waals surface area contributed by atoms with E-state index < -0.39 is 27.1 Å². The highest BCUT2D eigenvalue weighted by molar-refractivity contribution is 7.89. The largest absolute Gasteiger partial charge is 0.325 e.